The predicted molar refractivity (Wildman–Crippen MR) is 85.6 cm³/mol. The Kier molecular flexibility index (Phi) is 3.74. The van der Waals surface area contributed by atoms with Crippen LogP contribution in [-0.4, -0.2) is 16.5 Å². The number of hydrogen-bond donors (Lipinski definition) is 1. The van der Waals surface area contributed by atoms with Crippen LogP contribution in [-0.2, 0) is 0 Å². The van der Waals surface area contributed by atoms with E-state index >= 15 is 0 Å². The predicted octanol–water partition coefficient (Wildman–Crippen LogP) is 4.52. The molecule has 1 fully saturated rings. The molecule has 20 heavy (non-hydrogen) atoms. The summed E-state index contributed by atoms with van der Waals surface area (Å²) in [5.74, 6) is 2.51. The molecule has 0 unspecified atom stereocenters. The molecule has 0 spiro atoms. The van der Waals surface area contributed by atoms with Crippen LogP contribution in [0.25, 0.3) is 11.4 Å². The van der Waals surface area contributed by atoms with Gasteiger partial charge in [0.25, 0.3) is 0 Å². The van der Waals surface area contributed by atoms with E-state index in [1.54, 1.807) is 0 Å². The average molecular weight is 287 g/mol. The third-order valence-electron chi connectivity index (χ3n) is 3.58. The number of hydrogen-bond acceptors (Lipinski definition) is 4. The van der Waals surface area contributed by atoms with Crippen molar-refractivity contribution >= 4 is 17.2 Å². The van der Waals surface area contributed by atoms with Crippen molar-refractivity contribution < 1.29 is 0 Å². The summed E-state index contributed by atoms with van der Waals surface area (Å²) < 4.78 is 0. The number of thiophene rings is 1. The smallest absolute Gasteiger partial charge is 0.162 e. The largest absolute Gasteiger partial charge is 0.370 e. The molecule has 0 aliphatic heterocycles. The maximum Gasteiger partial charge on any atom is 0.162 e. The third-order valence-corrected chi connectivity index (χ3v) is 4.55. The molecule has 0 aromatic carbocycles. The summed E-state index contributed by atoms with van der Waals surface area (Å²) in [4.78, 5) is 12.1. The molecule has 4 heteroatoms. The van der Waals surface area contributed by atoms with Gasteiger partial charge in [-0.15, -0.1) is 11.3 Å². The number of aromatic nitrogens is 2. The summed E-state index contributed by atoms with van der Waals surface area (Å²) in [5.41, 5.74) is 2.39. The van der Waals surface area contributed by atoms with Gasteiger partial charge in [-0.25, -0.2) is 9.97 Å². The Hall–Kier alpha value is -1.42. The van der Waals surface area contributed by atoms with Crippen molar-refractivity contribution in [1.82, 2.24) is 9.97 Å². The van der Waals surface area contributed by atoms with Crippen LogP contribution in [0.1, 0.15) is 47.6 Å². The summed E-state index contributed by atoms with van der Waals surface area (Å²) in [6.07, 6.45) is 3.64. The van der Waals surface area contributed by atoms with Crippen molar-refractivity contribution in [2.45, 2.75) is 46.0 Å². The van der Waals surface area contributed by atoms with Crippen LogP contribution in [0.2, 0.25) is 0 Å². The second-order valence-corrected chi connectivity index (χ2v) is 6.99. The number of rotatable bonds is 5. The second kappa shape index (κ2) is 5.52. The molecule has 2 aromatic heterocycles. The summed E-state index contributed by atoms with van der Waals surface area (Å²) in [6, 6.07) is 4.33. The van der Waals surface area contributed by atoms with Gasteiger partial charge in [-0.2, -0.15) is 0 Å². The highest BCUT2D eigenvalue weighted by molar-refractivity contribution is 7.12. The molecule has 1 aliphatic rings. The van der Waals surface area contributed by atoms with E-state index in [1.165, 1.54) is 33.9 Å². The van der Waals surface area contributed by atoms with E-state index < -0.39 is 0 Å². The van der Waals surface area contributed by atoms with Gasteiger partial charge in [0.05, 0.1) is 0 Å². The third kappa shape index (κ3) is 2.85. The zero-order chi connectivity index (χ0) is 14.1. The van der Waals surface area contributed by atoms with E-state index in [0.717, 1.165) is 24.6 Å². The van der Waals surface area contributed by atoms with Gasteiger partial charge in [0.15, 0.2) is 5.82 Å². The van der Waals surface area contributed by atoms with Crippen molar-refractivity contribution in [3.05, 3.63) is 27.6 Å². The van der Waals surface area contributed by atoms with Gasteiger partial charge in [0.2, 0.25) is 0 Å². The van der Waals surface area contributed by atoms with Gasteiger partial charge in [0.1, 0.15) is 5.82 Å². The second-order valence-electron chi connectivity index (χ2n) is 5.53. The highest BCUT2D eigenvalue weighted by Gasteiger charge is 2.26. The fraction of sp³-hybridized carbons (Fsp3) is 0.500. The first-order chi connectivity index (χ1) is 9.67. The molecule has 0 saturated heterocycles. The van der Waals surface area contributed by atoms with Gasteiger partial charge >= 0.3 is 0 Å². The maximum absolute atomic E-state index is 4.80. The van der Waals surface area contributed by atoms with Crippen molar-refractivity contribution in [2.75, 3.05) is 11.9 Å². The van der Waals surface area contributed by atoms with Crippen LogP contribution >= 0.6 is 11.3 Å². The first kappa shape index (κ1) is 13.6. The molecular formula is C16H21N3S. The Balaban J connectivity index is 2.00. The average Bonchev–Trinajstić information content (AvgIpc) is 3.22. The molecule has 0 atom stereocenters. The highest BCUT2D eigenvalue weighted by Crippen LogP contribution is 2.40. The van der Waals surface area contributed by atoms with Gasteiger partial charge in [-0.1, -0.05) is 6.92 Å². The number of nitrogens with zero attached hydrogens (tertiary/aromatic N) is 2. The first-order valence-corrected chi connectivity index (χ1v) is 8.19. The van der Waals surface area contributed by atoms with Crippen molar-refractivity contribution in [3.8, 4) is 11.4 Å². The van der Waals surface area contributed by atoms with E-state index in [0.29, 0.717) is 5.92 Å². The molecule has 2 heterocycles. The Bertz CT molecular complexity index is 614. The van der Waals surface area contributed by atoms with Crippen molar-refractivity contribution in [3.63, 3.8) is 0 Å². The van der Waals surface area contributed by atoms with Crippen molar-refractivity contribution in [1.29, 1.82) is 0 Å². The first-order valence-electron chi connectivity index (χ1n) is 7.37. The van der Waals surface area contributed by atoms with E-state index in [9.17, 15) is 0 Å². The van der Waals surface area contributed by atoms with Crippen LogP contribution in [0, 0.1) is 13.8 Å². The molecular weight excluding hydrogens is 266 g/mol. The van der Waals surface area contributed by atoms with Gasteiger partial charge in [0, 0.05) is 39.5 Å². The van der Waals surface area contributed by atoms with Crippen LogP contribution in [0.4, 0.5) is 5.82 Å². The molecule has 0 bridgehead atoms. The van der Waals surface area contributed by atoms with Gasteiger partial charge in [-0.05, 0) is 39.2 Å². The van der Waals surface area contributed by atoms with Crippen LogP contribution in [0.5, 0.6) is 0 Å². The summed E-state index contributed by atoms with van der Waals surface area (Å²) in [5, 5.41) is 3.41. The number of nitrogens with one attached hydrogen (secondary N) is 1. The van der Waals surface area contributed by atoms with Crippen molar-refractivity contribution in [2.24, 2.45) is 0 Å². The maximum atomic E-state index is 4.80. The van der Waals surface area contributed by atoms with E-state index in [2.05, 4.69) is 38.2 Å². The lowest BCUT2D eigenvalue weighted by Gasteiger charge is -2.09. The summed E-state index contributed by atoms with van der Waals surface area (Å²) in [7, 11) is 0. The fourth-order valence-electron chi connectivity index (χ4n) is 2.37. The molecule has 0 radical (unpaired) electrons. The monoisotopic (exact) mass is 287 g/mol. The molecule has 1 N–H and O–H groups in total. The number of aryl methyl sites for hydroxylation is 2. The summed E-state index contributed by atoms with van der Waals surface area (Å²) in [6.45, 7) is 7.42. The lowest BCUT2D eigenvalue weighted by Crippen LogP contribution is -2.05. The topological polar surface area (TPSA) is 37.8 Å². The van der Waals surface area contributed by atoms with Gasteiger partial charge in [-0.3, -0.25) is 0 Å². The summed E-state index contributed by atoms with van der Waals surface area (Å²) >= 11 is 1.82. The lowest BCUT2D eigenvalue weighted by atomic mass is 10.2. The quantitative estimate of drug-likeness (QED) is 0.878. The van der Waals surface area contributed by atoms with E-state index in [4.69, 9.17) is 9.97 Å². The number of anilines is 1. The molecule has 1 aliphatic carbocycles. The minimum atomic E-state index is 0.652. The lowest BCUT2D eigenvalue weighted by molar-refractivity contribution is 0.948. The highest BCUT2D eigenvalue weighted by atomic mass is 32.1. The minimum absolute atomic E-state index is 0.652. The van der Waals surface area contributed by atoms with Crippen LogP contribution < -0.4 is 5.32 Å². The standard InChI is InChI=1S/C16H21N3S/c1-4-7-17-15-9-14(12-5-6-12)18-16(19-15)13-8-10(2)20-11(13)3/h8-9,12H,4-7H2,1-3H3,(H,17,18,19). The Labute approximate surface area is 124 Å². The molecule has 3 nitrogen and oxygen atoms in total. The van der Waals surface area contributed by atoms with Gasteiger partial charge < -0.3 is 5.32 Å². The van der Waals surface area contributed by atoms with E-state index in [-0.39, 0.29) is 0 Å². The molecule has 1 saturated carbocycles. The zero-order valence-corrected chi connectivity index (χ0v) is 13.2. The van der Waals surface area contributed by atoms with Crippen LogP contribution in [0.15, 0.2) is 12.1 Å². The molecule has 2 aromatic rings. The fourth-order valence-corrected chi connectivity index (χ4v) is 3.29. The van der Waals surface area contributed by atoms with E-state index in [1.807, 2.05) is 11.3 Å². The Morgan fingerprint density at radius 3 is 2.65 bits per heavy atom. The zero-order valence-electron chi connectivity index (χ0n) is 12.4. The SMILES string of the molecule is CCCNc1cc(C2CC2)nc(-c2cc(C)sc2C)n1. The molecule has 0 amide bonds. The Morgan fingerprint density at radius 2 is 2.05 bits per heavy atom. The molecule has 106 valence electrons. The normalized spacial score (nSPS) is 14.6. The Morgan fingerprint density at radius 1 is 1.25 bits per heavy atom. The minimum Gasteiger partial charge on any atom is -0.370 e. The molecule has 3 rings (SSSR count). The van der Waals surface area contributed by atoms with Crippen LogP contribution in [0.3, 0.4) is 0 Å².